The summed E-state index contributed by atoms with van der Waals surface area (Å²) in [5.41, 5.74) is -0.420. The maximum atomic E-state index is 11.6. The van der Waals surface area contributed by atoms with Gasteiger partial charge in [-0.15, -0.1) is 0 Å². The van der Waals surface area contributed by atoms with Gasteiger partial charge in [0.05, 0.1) is 26.4 Å². The van der Waals surface area contributed by atoms with Gasteiger partial charge in [-0.05, 0) is 25.0 Å². The minimum Gasteiger partial charge on any atom is -0.870 e. The van der Waals surface area contributed by atoms with E-state index >= 15 is 0 Å². The maximum Gasteiger partial charge on any atom is 1.00 e. The van der Waals surface area contributed by atoms with Crippen molar-refractivity contribution in [2.75, 3.05) is 26.4 Å². The molecule has 0 aliphatic carbocycles. The predicted molar refractivity (Wildman–Crippen MR) is 129 cm³/mol. The van der Waals surface area contributed by atoms with Crippen LogP contribution in [-0.2, 0) is 26.3 Å². The van der Waals surface area contributed by atoms with Crippen molar-refractivity contribution >= 4 is 27.9 Å². The van der Waals surface area contributed by atoms with E-state index in [2.05, 4.69) is 28.1 Å². The zero-order chi connectivity index (χ0) is 25.3. The number of aliphatic hydroxyl groups excluding tert-OH is 4. The summed E-state index contributed by atoms with van der Waals surface area (Å²) < 4.78 is 5.02. The van der Waals surface area contributed by atoms with E-state index in [9.17, 15) is 9.59 Å². The van der Waals surface area contributed by atoms with Crippen LogP contribution in [0, 0.1) is 10.8 Å². The molecule has 0 saturated carbocycles. The summed E-state index contributed by atoms with van der Waals surface area (Å²) in [6.07, 6.45) is 0. The van der Waals surface area contributed by atoms with E-state index in [0.29, 0.717) is 0 Å². The van der Waals surface area contributed by atoms with Crippen LogP contribution in [0.4, 0.5) is 0 Å². The van der Waals surface area contributed by atoms with Crippen molar-refractivity contribution < 1.29 is 96.7 Å². The van der Waals surface area contributed by atoms with E-state index in [0.717, 1.165) is 10.9 Å². The van der Waals surface area contributed by atoms with Gasteiger partial charge >= 0.3 is 63.3 Å². The van der Waals surface area contributed by atoms with Crippen molar-refractivity contribution in [3.63, 3.8) is 0 Å². The number of esters is 1. The van der Waals surface area contributed by atoms with E-state index in [1.807, 2.05) is 48.5 Å². The minimum absolute atomic E-state index is 0. The Balaban J connectivity index is -0.000000463. The second kappa shape index (κ2) is 21.4. The maximum absolute atomic E-state index is 11.6. The van der Waals surface area contributed by atoms with Crippen molar-refractivity contribution in [3.8, 4) is 0 Å². The second-order valence-electron chi connectivity index (χ2n) is 7.74. The fourth-order valence-corrected chi connectivity index (χ4v) is 2.20. The monoisotopic (exact) mass is 584 g/mol. The number of carboxylic acid groups (broad SMARTS) is 1. The Hall–Kier alpha value is -0.704. The number of rotatable bonds is 9. The summed E-state index contributed by atoms with van der Waals surface area (Å²) in [4.78, 5) is 21.7. The zero-order valence-electron chi connectivity index (χ0n) is 20.3. The van der Waals surface area contributed by atoms with Gasteiger partial charge in [0.2, 0.25) is 0 Å². The van der Waals surface area contributed by atoms with Gasteiger partial charge in [-0.1, -0.05) is 76.6 Å². The van der Waals surface area contributed by atoms with Crippen molar-refractivity contribution in [1.82, 2.24) is 0 Å². The molecule has 6 N–H and O–H groups in total. The molecule has 0 radical (unpaired) electrons. The molecule has 9 nitrogen and oxygen atoms in total. The number of carbonyl (C=O) groups excluding carboxylic acids is 1. The van der Waals surface area contributed by atoms with Gasteiger partial charge in [-0.2, -0.15) is 0 Å². The molecule has 0 fully saturated rings. The van der Waals surface area contributed by atoms with Crippen LogP contribution in [0.25, 0.3) is 0 Å². The van der Waals surface area contributed by atoms with Crippen molar-refractivity contribution in [3.05, 3.63) is 71.8 Å². The summed E-state index contributed by atoms with van der Waals surface area (Å²) in [5, 5.41) is 44.1. The first kappa shape index (κ1) is 38.8. The first-order valence-corrected chi connectivity index (χ1v) is 11.2. The normalized spacial score (nSPS) is 10.1. The van der Waals surface area contributed by atoms with E-state index < -0.39 is 49.2 Å². The summed E-state index contributed by atoms with van der Waals surface area (Å²) in [7, 11) is 0. The molecule has 2 rings (SSSR count). The number of hydrogen-bond acceptors (Lipinski definition) is 8. The predicted octanol–water partition coefficient (Wildman–Crippen LogP) is -0.809. The van der Waals surface area contributed by atoms with E-state index in [-0.39, 0.29) is 63.5 Å². The van der Waals surface area contributed by atoms with Crippen molar-refractivity contribution in [1.29, 1.82) is 0 Å². The molecule has 0 aliphatic rings. The second-order valence-corrected chi connectivity index (χ2v) is 8.30. The summed E-state index contributed by atoms with van der Waals surface area (Å²) in [5.74, 6) is -1.78. The SMILES string of the molecule is BrCc1ccccc1.CC(CO)(CO)C(=O)O.CC(CO)(CO)C(=O)OCc1ccccc1.[K+].[OH-]. The van der Waals surface area contributed by atoms with Crippen molar-refractivity contribution in [2.45, 2.75) is 25.8 Å². The van der Waals surface area contributed by atoms with Crippen LogP contribution in [0.2, 0.25) is 0 Å². The van der Waals surface area contributed by atoms with Crippen LogP contribution in [0.15, 0.2) is 60.7 Å². The van der Waals surface area contributed by atoms with Gasteiger partial charge in [0.1, 0.15) is 17.4 Å². The average molecular weight is 586 g/mol. The zero-order valence-corrected chi connectivity index (χ0v) is 25.0. The Morgan fingerprint density at radius 1 is 0.771 bits per heavy atom. The molecule has 0 spiro atoms. The average Bonchev–Trinajstić information content (AvgIpc) is 2.87. The first-order valence-electron chi connectivity index (χ1n) is 10.1. The topological polar surface area (TPSA) is 175 Å². The molecule has 2 aromatic carbocycles. The van der Waals surface area contributed by atoms with E-state index in [1.54, 1.807) is 0 Å². The number of benzene rings is 2. The standard InChI is InChI=1S/C12H16O4.C7H7Br.C5H10O4.K.H2O/c1-12(8-13,9-14)11(15)16-7-10-5-3-2-4-6-10;8-6-7-4-2-1-3-5-7;1-5(2-6,3-7)4(8)9;;/h2-6,13-14H,7-9H2,1H3;1-5H,6H2;6-7H,2-3H2,1H3,(H,8,9);;1H2/q;;;+1;/p-1. The third kappa shape index (κ3) is 15.2. The fraction of sp³-hybridized carbons (Fsp3) is 0.417. The van der Waals surface area contributed by atoms with E-state index in [4.69, 9.17) is 30.3 Å². The van der Waals surface area contributed by atoms with Crippen LogP contribution in [0.5, 0.6) is 0 Å². The number of halogens is 1. The third-order valence-corrected chi connectivity index (χ3v) is 5.26. The Bertz CT molecular complexity index is 799. The molecule has 0 saturated heterocycles. The smallest absolute Gasteiger partial charge is 0.870 e. The number of aliphatic carboxylic acids is 1. The van der Waals surface area contributed by atoms with Crippen molar-refractivity contribution in [2.24, 2.45) is 10.8 Å². The van der Waals surface area contributed by atoms with E-state index in [1.165, 1.54) is 19.4 Å². The molecular formula is C24H34BrKO9. The number of carboxylic acids is 1. The van der Waals surface area contributed by atoms with Gasteiger partial charge in [0.25, 0.3) is 0 Å². The molecule has 0 aromatic heterocycles. The van der Waals surface area contributed by atoms with Crippen LogP contribution in [0.1, 0.15) is 25.0 Å². The van der Waals surface area contributed by atoms with Gasteiger partial charge in [0.15, 0.2) is 0 Å². The summed E-state index contributed by atoms with van der Waals surface area (Å²) in [6, 6.07) is 19.5. The molecule has 0 heterocycles. The molecule has 0 amide bonds. The number of aliphatic hydroxyl groups is 4. The molecule has 2 aromatic rings. The number of carbonyl (C=O) groups is 2. The molecule has 0 atom stereocenters. The Morgan fingerprint density at radius 2 is 1.14 bits per heavy atom. The number of hydrogen-bond donors (Lipinski definition) is 5. The molecule has 35 heavy (non-hydrogen) atoms. The molecular weight excluding hydrogens is 551 g/mol. The molecule has 0 aliphatic heterocycles. The molecule has 11 heteroatoms. The molecule has 192 valence electrons. The largest absolute Gasteiger partial charge is 1.00 e. The minimum atomic E-state index is -1.39. The molecule has 0 unspecified atom stereocenters. The van der Waals surface area contributed by atoms with Crippen LogP contribution in [0.3, 0.4) is 0 Å². The number of ether oxygens (including phenoxy) is 1. The first-order chi connectivity index (χ1) is 15.6. The number of alkyl halides is 1. The molecule has 0 bridgehead atoms. The van der Waals surface area contributed by atoms with Crippen LogP contribution < -0.4 is 51.4 Å². The van der Waals surface area contributed by atoms with Gasteiger partial charge in [-0.3, -0.25) is 9.59 Å². The van der Waals surface area contributed by atoms with Crippen LogP contribution >= 0.6 is 15.9 Å². The summed E-state index contributed by atoms with van der Waals surface area (Å²) in [6.45, 7) is 0.927. The van der Waals surface area contributed by atoms with Crippen LogP contribution in [-0.4, -0.2) is 69.4 Å². The Kier molecular flexibility index (Phi) is 23.7. The third-order valence-electron chi connectivity index (χ3n) is 4.61. The van der Waals surface area contributed by atoms with Gasteiger partial charge in [0, 0.05) is 5.33 Å². The Morgan fingerprint density at radius 3 is 1.40 bits per heavy atom. The fourth-order valence-electron chi connectivity index (χ4n) is 1.83. The summed E-state index contributed by atoms with van der Waals surface area (Å²) >= 11 is 3.36. The van der Waals surface area contributed by atoms with Gasteiger partial charge < -0.3 is 35.7 Å². The quantitative estimate of drug-likeness (QED) is 0.143. The Labute approximate surface area is 257 Å². The van der Waals surface area contributed by atoms with Gasteiger partial charge in [-0.25, -0.2) is 0 Å².